The molecule has 6 nitrogen and oxygen atoms in total. The van der Waals surface area contributed by atoms with Crippen LogP contribution in [0, 0.1) is 0 Å². The Balaban J connectivity index is 2.73. The Morgan fingerprint density at radius 1 is 1.64 bits per heavy atom. The number of aromatic nitrogens is 2. The average Bonchev–Trinajstić information content (AvgIpc) is 2.30. The molecule has 0 aromatic carbocycles. The Morgan fingerprint density at radius 2 is 2.29 bits per heavy atom. The summed E-state index contributed by atoms with van der Waals surface area (Å²) in [6, 6.07) is 0. The van der Waals surface area contributed by atoms with Gasteiger partial charge >= 0.3 is 5.97 Å². The van der Waals surface area contributed by atoms with E-state index in [9.17, 15) is 13.2 Å². The Hall–Kier alpha value is -0.890. The maximum Gasteiger partial charge on any atom is 0.318 e. The van der Waals surface area contributed by atoms with Crippen LogP contribution in [-0.2, 0) is 20.5 Å². The molecule has 8 heteroatoms. The fourth-order valence-corrected chi connectivity index (χ4v) is 2.18. The van der Waals surface area contributed by atoms with Gasteiger partial charge in [0.1, 0.15) is 11.6 Å². The van der Waals surface area contributed by atoms with Crippen LogP contribution in [-0.4, -0.2) is 35.0 Å². The highest BCUT2D eigenvalue weighted by atomic mass is 79.9. The molecule has 0 aliphatic rings. The summed E-state index contributed by atoms with van der Waals surface area (Å²) in [5.41, 5.74) is 0. The lowest BCUT2D eigenvalue weighted by atomic mass is 10.8. The summed E-state index contributed by atoms with van der Waals surface area (Å²) in [7, 11) is -3.64. The number of aliphatic carboxylic acids is 1. The van der Waals surface area contributed by atoms with Gasteiger partial charge in [0.05, 0.1) is 10.7 Å². The topological polar surface area (TPSA) is 89.3 Å². The standard InChI is InChI=1S/C6H7BrN2O4S/c7-5-1-8-9(2-5)4-14(12,13)3-6(10)11/h1-2H,3-4H2,(H,10,11). The van der Waals surface area contributed by atoms with Gasteiger partial charge in [0.25, 0.3) is 0 Å². The molecule has 0 unspecified atom stereocenters. The fourth-order valence-electron chi connectivity index (χ4n) is 0.844. The van der Waals surface area contributed by atoms with Crippen LogP contribution in [0.25, 0.3) is 0 Å². The van der Waals surface area contributed by atoms with Crippen molar-refractivity contribution in [3.05, 3.63) is 16.9 Å². The molecule has 1 aromatic heterocycles. The molecule has 0 bridgehead atoms. The molecule has 0 aliphatic carbocycles. The molecule has 1 N–H and O–H groups in total. The van der Waals surface area contributed by atoms with Crippen molar-refractivity contribution >= 4 is 31.7 Å². The van der Waals surface area contributed by atoms with Crippen LogP contribution in [0.3, 0.4) is 0 Å². The summed E-state index contributed by atoms with van der Waals surface area (Å²) in [6.45, 7) is 0. The molecule has 0 saturated carbocycles. The van der Waals surface area contributed by atoms with Gasteiger partial charge in [-0.2, -0.15) is 5.10 Å². The molecule has 0 spiro atoms. The average molecular weight is 283 g/mol. The van der Waals surface area contributed by atoms with Crippen molar-refractivity contribution in [1.82, 2.24) is 9.78 Å². The van der Waals surface area contributed by atoms with Gasteiger partial charge in [0, 0.05) is 6.20 Å². The van der Waals surface area contributed by atoms with E-state index in [1.807, 2.05) is 0 Å². The highest BCUT2D eigenvalue weighted by Gasteiger charge is 2.16. The Kier molecular flexibility index (Phi) is 3.27. The zero-order valence-electron chi connectivity index (χ0n) is 6.92. The normalized spacial score (nSPS) is 11.5. The minimum atomic E-state index is -3.64. The molecule has 0 amide bonds. The Labute approximate surface area is 88.6 Å². The number of nitrogens with zero attached hydrogens (tertiary/aromatic N) is 2. The number of hydrogen-bond donors (Lipinski definition) is 1. The monoisotopic (exact) mass is 282 g/mol. The quantitative estimate of drug-likeness (QED) is 0.846. The predicted octanol–water partition coefficient (Wildman–Crippen LogP) is 0.103. The number of rotatable bonds is 4. The molecule has 1 rings (SSSR count). The third kappa shape index (κ3) is 3.46. The van der Waals surface area contributed by atoms with Crippen LogP contribution in [0.4, 0.5) is 0 Å². The van der Waals surface area contributed by atoms with Gasteiger partial charge in [0.15, 0.2) is 9.84 Å². The smallest absolute Gasteiger partial charge is 0.318 e. The van der Waals surface area contributed by atoms with E-state index in [1.54, 1.807) is 0 Å². The first kappa shape index (κ1) is 11.2. The molecule has 78 valence electrons. The van der Waals surface area contributed by atoms with Crippen LogP contribution < -0.4 is 0 Å². The second-order valence-electron chi connectivity index (χ2n) is 2.61. The fraction of sp³-hybridized carbons (Fsp3) is 0.333. The first-order chi connectivity index (χ1) is 6.39. The summed E-state index contributed by atoms with van der Waals surface area (Å²) >= 11 is 3.10. The van der Waals surface area contributed by atoms with E-state index in [2.05, 4.69) is 21.0 Å². The van der Waals surface area contributed by atoms with Crippen LogP contribution in [0.15, 0.2) is 16.9 Å². The third-order valence-corrected chi connectivity index (χ3v) is 3.03. The van der Waals surface area contributed by atoms with E-state index in [4.69, 9.17) is 5.11 Å². The second-order valence-corrected chi connectivity index (χ2v) is 5.56. The lowest BCUT2D eigenvalue weighted by molar-refractivity contribution is -0.134. The van der Waals surface area contributed by atoms with E-state index in [0.717, 1.165) is 4.68 Å². The summed E-state index contributed by atoms with van der Waals surface area (Å²) in [5.74, 6) is -2.67. The maximum atomic E-state index is 11.2. The molecule has 14 heavy (non-hydrogen) atoms. The lowest BCUT2D eigenvalue weighted by Gasteiger charge is -2.00. The van der Waals surface area contributed by atoms with Gasteiger partial charge in [-0.05, 0) is 15.9 Å². The molecule has 0 saturated heterocycles. The molecule has 0 radical (unpaired) electrons. The highest BCUT2D eigenvalue weighted by molar-refractivity contribution is 9.10. The number of carboxylic acid groups (broad SMARTS) is 1. The van der Waals surface area contributed by atoms with Gasteiger partial charge in [0.2, 0.25) is 0 Å². The summed E-state index contributed by atoms with van der Waals surface area (Å²) in [5, 5.41) is 12.0. The van der Waals surface area contributed by atoms with Crippen molar-refractivity contribution < 1.29 is 18.3 Å². The zero-order chi connectivity index (χ0) is 10.8. The summed E-state index contributed by atoms with van der Waals surface area (Å²) < 4.78 is 24.1. The lowest BCUT2D eigenvalue weighted by Crippen LogP contribution is -2.20. The molecule has 1 heterocycles. The third-order valence-electron chi connectivity index (χ3n) is 1.27. The maximum absolute atomic E-state index is 11.2. The van der Waals surface area contributed by atoms with Crippen molar-refractivity contribution in [3.63, 3.8) is 0 Å². The van der Waals surface area contributed by atoms with Gasteiger partial charge in [-0.15, -0.1) is 0 Å². The van der Waals surface area contributed by atoms with E-state index in [0.29, 0.717) is 4.47 Å². The molecule has 0 fully saturated rings. The first-order valence-corrected chi connectivity index (χ1v) is 6.11. The molecule has 1 aromatic rings. The van der Waals surface area contributed by atoms with Gasteiger partial charge in [-0.1, -0.05) is 0 Å². The van der Waals surface area contributed by atoms with E-state index < -0.39 is 27.4 Å². The number of carboxylic acids is 1. The van der Waals surface area contributed by atoms with E-state index in [1.165, 1.54) is 12.4 Å². The van der Waals surface area contributed by atoms with Crippen molar-refractivity contribution in [2.45, 2.75) is 5.88 Å². The number of sulfone groups is 1. The number of halogens is 1. The largest absolute Gasteiger partial charge is 0.480 e. The first-order valence-electron chi connectivity index (χ1n) is 3.49. The zero-order valence-corrected chi connectivity index (χ0v) is 9.32. The van der Waals surface area contributed by atoms with Crippen molar-refractivity contribution in [2.75, 3.05) is 5.75 Å². The minimum Gasteiger partial charge on any atom is -0.480 e. The molecular formula is C6H7BrN2O4S. The van der Waals surface area contributed by atoms with Gasteiger partial charge in [-0.3, -0.25) is 9.48 Å². The summed E-state index contributed by atoms with van der Waals surface area (Å²) in [6.07, 6.45) is 2.88. The molecule has 0 atom stereocenters. The molecular weight excluding hydrogens is 276 g/mol. The predicted molar refractivity (Wildman–Crippen MR) is 51.3 cm³/mol. The van der Waals surface area contributed by atoms with Crippen LogP contribution >= 0.6 is 15.9 Å². The number of carbonyl (C=O) groups is 1. The van der Waals surface area contributed by atoms with Crippen molar-refractivity contribution in [2.24, 2.45) is 0 Å². The van der Waals surface area contributed by atoms with Crippen LogP contribution in [0.1, 0.15) is 0 Å². The van der Waals surface area contributed by atoms with E-state index >= 15 is 0 Å². The Morgan fingerprint density at radius 3 is 2.71 bits per heavy atom. The highest BCUT2D eigenvalue weighted by Crippen LogP contribution is 2.07. The van der Waals surface area contributed by atoms with Gasteiger partial charge < -0.3 is 5.11 Å². The Bertz CT molecular complexity index is 438. The van der Waals surface area contributed by atoms with E-state index in [-0.39, 0.29) is 0 Å². The number of hydrogen-bond acceptors (Lipinski definition) is 4. The van der Waals surface area contributed by atoms with Crippen LogP contribution in [0.2, 0.25) is 0 Å². The van der Waals surface area contributed by atoms with Crippen molar-refractivity contribution in [3.8, 4) is 0 Å². The second kappa shape index (κ2) is 4.09. The van der Waals surface area contributed by atoms with Crippen molar-refractivity contribution in [1.29, 1.82) is 0 Å². The summed E-state index contributed by atoms with van der Waals surface area (Å²) in [4.78, 5) is 10.2. The minimum absolute atomic E-state index is 0.426. The SMILES string of the molecule is O=C(O)CS(=O)(=O)Cn1cc(Br)cn1. The molecule has 0 aliphatic heterocycles. The van der Waals surface area contributed by atoms with Gasteiger partial charge in [-0.25, -0.2) is 8.42 Å². The van der Waals surface area contributed by atoms with Crippen LogP contribution in [0.5, 0.6) is 0 Å².